The molecule has 0 amide bonds. The Labute approximate surface area is 212 Å². The highest BCUT2D eigenvalue weighted by atomic mass is 31.7. The molecule has 192 valence electrons. The fraction of sp³-hybridized carbons (Fsp3) is 1.00. The molecule has 2 nitrogen and oxygen atoms in total. The smallest absolute Gasteiger partial charge is 0.129 e. The predicted octanol–water partition coefficient (Wildman–Crippen LogP) is 11.2. The van der Waals surface area contributed by atoms with Crippen molar-refractivity contribution in [3.05, 3.63) is 0 Å². The molecule has 0 aliphatic carbocycles. The van der Waals surface area contributed by atoms with Crippen LogP contribution in [0.3, 0.4) is 0 Å². The minimum atomic E-state index is -1.68. The Hall–Kier alpha value is 1.39. The van der Waals surface area contributed by atoms with Gasteiger partial charge < -0.3 is 0 Å². The summed E-state index contributed by atoms with van der Waals surface area (Å²) in [5, 5.41) is 1.40. The molecule has 0 N–H and O–H groups in total. The van der Waals surface area contributed by atoms with Gasteiger partial charge in [0.05, 0.1) is 0 Å². The lowest BCUT2D eigenvalue weighted by molar-refractivity contribution is 0.635. The fourth-order valence-corrected chi connectivity index (χ4v) is 38.3. The Morgan fingerprint density at radius 1 is 0.344 bits per heavy atom. The van der Waals surface area contributed by atoms with Crippen molar-refractivity contribution in [1.29, 1.82) is 0 Å². The van der Waals surface area contributed by atoms with Crippen LogP contribution in [-0.4, -0.2) is 40.9 Å². The molecule has 0 fully saturated rings. The van der Waals surface area contributed by atoms with E-state index in [1.165, 1.54) is 0 Å². The van der Waals surface area contributed by atoms with E-state index >= 15 is 0 Å². The summed E-state index contributed by atoms with van der Waals surface area (Å²) in [4.78, 5) is 0. The van der Waals surface area contributed by atoms with E-state index in [2.05, 4.69) is 143 Å². The zero-order valence-electron chi connectivity index (χ0n) is 25.8. The van der Waals surface area contributed by atoms with Crippen molar-refractivity contribution in [2.24, 2.45) is 0 Å². The second kappa shape index (κ2) is 9.69. The molecule has 0 unspecified atom stereocenters. The van der Waals surface area contributed by atoms with Crippen molar-refractivity contribution in [2.45, 2.75) is 156 Å². The zero-order chi connectivity index (χ0) is 26.6. The molecule has 8 heteroatoms. The highest BCUT2D eigenvalue weighted by Gasteiger charge is 2.54. The van der Waals surface area contributed by atoms with Crippen LogP contribution >= 0.6 is 16.0 Å². The van der Waals surface area contributed by atoms with Crippen LogP contribution in [0.2, 0.25) is 72.5 Å². The Bertz CT molecular complexity index is 564. The summed E-state index contributed by atoms with van der Waals surface area (Å²) in [5.74, 6) is 0. The molecule has 0 saturated heterocycles. The molecule has 0 aliphatic rings. The second-order valence-corrected chi connectivity index (χ2v) is 40.9. The van der Waals surface area contributed by atoms with E-state index in [4.69, 9.17) is 0 Å². The molecule has 0 aromatic heterocycles. The Morgan fingerprint density at radius 2 is 0.469 bits per heavy atom. The van der Waals surface area contributed by atoms with Crippen LogP contribution in [-0.2, 0) is 0 Å². The number of nitrogens with zero attached hydrogens (tertiary/aromatic N) is 2. The lowest BCUT2D eigenvalue weighted by Gasteiger charge is -2.56. The summed E-state index contributed by atoms with van der Waals surface area (Å²) in [5.41, 5.74) is 0. The molecule has 0 bridgehead atoms. The van der Waals surface area contributed by atoms with Gasteiger partial charge in [-0.3, -0.25) is 8.00 Å². The summed E-state index contributed by atoms with van der Waals surface area (Å²) in [6.07, 6.45) is 0. The van der Waals surface area contributed by atoms with Crippen molar-refractivity contribution >= 4 is 49.0 Å². The van der Waals surface area contributed by atoms with Crippen LogP contribution in [0, 0.1) is 0 Å². The molecule has 0 aromatic rings. The molecular weight excluding hydrogens is 491 g/mol. The topological polar surface area (TPSA) is 6.48 Å². The van der Waals surface area contributed by atoms with Gasteiger partial charge in [0.25, 0.3) is 0 Å². The third-order valence-electron chi connectivity index (χ3n) is 9.68. The van der Waals surface area contributed by atoms with E-state index in [0.29, 0.717) is 20.2 Å². The molecule has 0 atom stereocenters. The predicted molar refractivity (Wildman–Crippen MR) is 166 cm³/mol. The van der Waals surface area contributed by atoms with Crippen molar-refractivity contribution in [2.75, 3.05) is 0 Å². The van der Waals surface area contributed by atoms with Gasteiger partial charge in [0.15, 0.2) is 0 Å². The summed E-state index contributed by atoms with van der Waals surface area (Å²) in [6, 6.07) is 0. The van der Waals surface area contributed by atoms with Crippen LogP contribution in [0.5, 0.6) is 0 Å². The van der Waals surface area contributed by atoms with Gasteiger partial charge in [-0.15, -0.1) is 0 Å². The lowest BCUT2D eigenvalue weighted by atomic mass is 10.2. The van der Waals surface area contributed by atoms with Gasteiger partial charge in [-0.05, 0) is 20.2 Å². The zero-order valence-corrected chi connectivity index (χ0v) is 31.6. The maximum atomic E-state index is 3.11. The summed E-state index contributed by atoms with van der Waals surface area (Å²) >= 11 is 0. The third-order valence-corrected chi connectivity index (χ3v) is 46.3. The summed E-state index contributed by atoms with van der Waals surface area (Å²) in [6.45, 7) is 51.0. The van der Waals surface area contributed by atoms with E-state index in [-0.39, 0.29) is 0 Å². The Kier molecular flexibility index (Phi) is 10.1. The Balaban J connectivity index is 7.08. The van der Waals surface area contributed by atoms with Gasteiger partial charge in [0.1, 0.15) is 32.9 Å². The third kappa shape index (κ3) is 6.58. The monoisotopic (exact) mass is 550 g/mol. The second-order valence-electron chi connectivity index (χ2n) is 16.0. The normalized spacial score (nSPS) is 16.6. The number of rotatable bonds is 6. The van der Waals surface area contributed by atoms with Crippen LogP contribution in [0.25, 0.3) is 0 Å². The molecule has 32 heavy (non-hydrogen) atoms. The average molecular weight is 551 g/mol. The molecule has 0 radical (unpaired) electrons. The maximum Gasteiger partial charge on any atom is 0.129 e. The fourth-order valence-electron chi connectivity index (χ4n) is 3.20. The van der Waals surface area contributed by atoms with Crippen molar-refractivity contribution in [1.82, 2.24) is 8.00 Å². The van der Waals surface area contributed by atoms with Gasteiger partial charge in [0, 0.05) is 16.0 Å². The highest BCUT2D eigenvalue weighted by molar-refractivity contribution is 7.85. The van der Waals surface area contributed by atoms with E-state index < -0.39 is 32.9 Å². The first-order valence-electron chi connectivity index (χ1n) is 12.5. The number of hydrogen-bond acceptors (Lipinski definition) is 0. The first-order valence-corrected chi connectivity index (χ1v) is 26.7. The van der Waals surface area contributed by atoms with Gasteiger partial charge >= 0.3 is 0 Å². The van der Waals surface area contributed by atoms with Crippen molar-refractivity contribution in [3.8, 4) is 0 Å². The van der Waals surface area contributed by atoms with Gasteiger partial charge in [-0.1, -0.05) is 135 Å². The van der Waals surface area contributed by atoms with Gasteiger partial charge in [0.2, 0.25) is 0 Å². The van der Waals surface area contributed by atoms with Gasteiger partial charge in [-0.25, -0.2) is 0 Å². The molecular formula is C24H60N2P2Si4. The maximum absolute atomic E-state index is 3.11. The minimum Gasteiger partial charge on any atom is -0.294 e. The molecule has 0 aromatic carbocycles. The SMILES string of the molecule is CC(C)(C)[Si](C)(C)N(P=PN([Si](C)(C)C(C)(C)C)[Si](C)(C)C(C)(C)C)[Si](C)(C)C(C)(C)C. The van der Waals surface area contributed by atoms with Crippen molar-refractivity contribution < 1.29 is 0 Å². The quantitative estimate of drug-likeness (QED) is 0.240. The average Bonchev–Trinajstić information content (AvgIpc) is 2.45. The van der Waals surface area contributed by atoms with E-state index in [9.17, 15) is 0 Å². The number of hydrogen-bond donors (Lipinski definition) is 0. The molecule has 0 saturated carbocycles. The molecule has 0 aliphatic heterocycles. The first-order chi connectivity index (χ1) is 13.5. The van der Waals surface area contributed by atoms with Crippen LogP contribution in [0.4, 0.5) is 0 Å². The summed E-state index contributed by atoms with van der Waals surface area (Å²) in [7, 11) is -3.61. The van der Waals surface area contributed by atoms with Crippen molar-refractivity contribution in [3.63, 3.8) is 0 Å². The van der Waals surface area contributed by atoms with Crippen LogP contribution < -0.4 is 0 Å². The lowest BCUT2D eigenvalue weighted by Crippen LogP contribution is -2.65. The largest absolute Gasteiger partial charge is 0.294 e. The Morgan fingerprint density at radius 3 is 0.562 bits per heavy atom. The first kappa shape index (κ1) is 33.4. The van der Waals surface area contributed by atoms with Crippen LogP contribution in [0.1, 0.15) is 83.1 Å². The standard InChI is InChI=1S/C24H60N2P2Si4/c1-21(2,3)29(13,14)25(30(15,16)22(4,5)6)27-28-26(31(17,18)23(7,8)9)32(19,20)24(10,11)12/h1-20H3. The molecule has 0 heterocycles. The molecule has 0 rings (SSSR count). The highest BCUT2D eigenvalue weighted by Crippen LogP contribution is 2.55. The summed E-state index contributed by atoms with van der Waals surface area (Å²) < 4.78 is 6.21. The van der Waals surface area contributed by atoms with E-state index in [1.54, 1.807) is 16.0 Å². The van der Waals surface area contributed by atoms with E-state index in [1.807, 2.05) is 0 Å². The minimum absolute atomic E-state index is 0.351. The van der Waals surface area contributed by atoms with Gasteiger partial charge in [-0.2, -0.15) is 0 Å². The van der Waals surface area contributed by atoms with E-state index in [0.717, 1.165) is 0 Å². The molecule has 0 spiro atoms. The van der Waals surface area contributed by atoms with Crippen LogP contribution in [0.15, 0.2) is 0 Å².